The number of aromatic nitrogens is 4. The number of fused-ring (bicyclic) bond motifs is 1. The molecular weight excluding hydrogens is 304 g/mol. The highest BCUT2D eigenvalue weighted by Gasteiger charge is 2.43. The van der Waals surface area contributed by atoms with Gasteiger partial charge in [0.1, 0.15) is 5.69 Å². The number of H-pyrrole nitrogens is 1. The minimum Gasteiger partial charge on any atom is -0.340 e. The Balaban J connectivity index is 1.25. The van der Waals surface area contributed by atoms with Crippen molar-refractivity contribution < 1.29 is 4.79 Å². The van der Waals surface area contributed by atoms with Gasteiger partial charge in [-0.15, -0.1) is 0 Å². The lowest BCUT2D eigenvalue weighted by molar-refractivity contribution is 0.0776. The second-order valence-electron chi connectivity index (χ2n) is 7.17. The predicted molar refractivity (Wildman–Crippen MR) is 87.7 cm³/mol. The molecule has 1 saturated carbocycles. The monoisotopic (exact) mass is 324 g/mol. The summed E-state index contributed by atoms with van der Waals surface area (Å²) in [5.41, 5.74) is 1.69. The average molecular weight is 324 g/mol. The van der Waals surface area contributed by atoms with Crippen molar-refractivity contribution >= 4 is 11.9 Å². The first-order valence-corrected chi connectivity index (χ1v) is 8.64. The Morgan fingerprint density at radius 3 is 2.46 bits per heavy atom. The van der Waals surface area contributed by atoms with E-state index in [1.165, 1.54) is 12.8 Å². The molecule has 1 amide bonds. The van der Waals surface area contributed by atoms with E-state index in [-0.39, 0.29) is 5.91 Å². The fourth-order valence-corrected chi connectivity index (χ4v) is 3.99. The van der Waals surface area contributed by atoms with Crippen molar-refractivity contribution in [3.8, 4) is 0 Å². The predicted octanol–water partition coefficient (Wildman–Crippen LogP) is 1.29. The zero-order valence-corrected chi connectivity index (χ0v) is 13.4. The van der Waals surface area contributed by atoms with Gasteiger partial charge in [0.2, 0.25) is 5.95 Å². The number of rotatable bonds is 3. The van der Waals surface area contributed by atoms with Gasteiger partial charge in [-0.05, 0) is 25.0 Å². The third-order valence-electron chi connectivity index (χ3n) is 5.44. The third kappa shape index (κ3) is 2.35. The Morgan fingerprint density at radius 1 is 1.08 bits per heavy atom. The molecule has 2 aliphatic heterocycles. The summed E-state index contributed by atoms with van der Waals surface area (Å²) in [6.07, 6.45) is 5.98. The van der Waals surface area contributed by atoms with Crippen molar-refractivity contribution in [2.24, 2.45) is 11.8 Å². The number of hydrogen-bond acceptors (Lipinski definition) is 5. The molecule has 1 aliphatic carbocycles. The van der Waals surface area contributed by atoms with Crippen LogP contribution in [0, 0.1) is 11.8 Å². The van der Waals surface area contributed by atoms with Crippen molar-refractivity contribution in [3.63, 3.8) is 0 Å². The lowest BCUT2D eigenvalue weighted by atomic mass is 10.0. The van der Waals surface area contributed by atoms with Crippen LogP contribution in [0.4, 0.5) is 5.95 Å². The normalized spacial score (nSPS) is 26.0. The molecule has 2 atom stereocenters. The maximum atomic E-state index is 12.7. The number of nitrogens with one attached hydrogen (secondary N) is 1. The van der Waals surface area contributed by atoms with Crippen molar-refractivity contribution in [3.05, 3.63) is 35.9 Å². The van der Waals surface area contributed by atoms with Gasteiger partial charge >= 0.3 is 0 Å². The van der Waals surface area contributed by atoms with E-state index in [4.69, 9.17) is 0 Å². The number of aromatic amines is 1. The number of hydrogen-bond donors (Lipinski definition) is 1. The molecule has 124 valence electrons. The van der Waals surface area contributed by atoms with Crippen molar-refractivity contribution in [2.45, 2.75) is 18.8 Å². The van der Waals surface area contributed by atoms with E-state index in [0.717, 1.165) is 37.8 Å². The lowest BCUT2D eigenvalue weighted by Crippen LogP contribution is -2.33. The van der Waals surface area contributed by atoms with Gasteiger partial charge in [-0.2, -0.15) is 5.10 Å². The zero-order valence-electron chi connectivity index (χ0n) is 13.4. The molecule has 7 heteroatoms. The number of carbonyl (C=O) groups is 1. The van der Waals surface area contributed by atoms with Crippen LogP contribution in [0.2, 0.25) is 0 Å². The molecule has 0 aromatic carbocycles. The molecule has 2 aromatic heterocycles. The van der Waals surface area contributed by atoms with Gasteiger partial charge in [0, 0.05) is 62.0 Å². The number of likely N-dealkylation sites (tertiary alicyclic amines) is 1. The van der Waals surface area contributed by atoms with E-state index in [1.54, 1.807) is 12.4 Å². The Kier molecular flexibility index (Phi) is 3.08. The van der Waals surface area contributed by atoms with Crippen LogP contribution in [0.1, 0.15) is 34.9 Å². The summed E-state index contributed by atoms with van der Waals surface area (Å²) in [6.45, 7) is 3.45. The molecule has 0 bridgehead atoms. The molecular formula is C17H20N6O. The highest BCUT2D eigenvalue weighted by molar-refractivity contribution is 5.92. The maximum absolute atomic E-state index is 12.7. The summed E-state index contributed by atoms with van der Waals surface area (Å²) in [6, 6.07) is 3.78. The maximum Gasteiger partial charge on any atom is 0.274 e. The Labute approximate surface area is 140 Å². The third-order valence-corrected chi connectivity index (χ3v) is 5.44. The summed E-state index contributed by atoms with van der Waals surface area (Å²) in [7, 11) is 0. The number of nitrogens with zero attached hydrogens (tertiary/aromatic N) is 5. The van der Waals surface area contributed by atoms with E-state index in [1.807, 2.05) is 17.0 Å². The number of amides is 1. The van der Waals surface area contributed by atoms with E-state index >= 15 is 0 Å². The van der Waals surface area contributed by atoms with Crippen LogP contribution < -0.4 is 4.90 Å². The zero-order chi connectivity index (χ0) is 16.1. The molecule has 5 rings (SSSR count). The molecule has 4 heterocycles. The van der Waals surface area contributed by atoms with E-state index < -0.39 is 0 Å². The Bertz CT molecular complexity index is 741. The average Bonchev–Trinajstić information content (AvgIpc) is 3.05. The van der Waals surface area contributed by atoms with Gasteiger partial charge in [0.15, 0.2) is 0 Å². The first-order chi connectivity index (χ1) is 11.8. The molecule has 7 nitrogen and oxygen atoms in total. The number of anilines is 1. The first-order valence-electron chi connectivity index (χ1n) is 8.64. The molecule has 0 spiro atoms. The smallest absolute Gasteiger partial charge is 0.274 e. The Hall–Kier alpha value is -2.44. The summed E-state index contributed by atoms with van der Waals surface area (Å²) >= 11 is 0. The highest BCUT2D eigenvalue weighted by atomic mass is 16.2. The van der Waals surface area contributed by atoms with Crippen LogP contribution >= 0.6 is 0 Å². The van der Waals surface area contributed by atoms with Crippen LogP contribution in [0.5, 0.6) is 0 Å². The van der Waals surface area contributed by atoms with Gasteiger partial charge < -0.3 is 9.80 Å². The van der Waals surface area contributed by atoms with Gasteiger partial charge in [0.05, 0.1) is 0 Å². The van der Waals surface area contributed by atoms with E-state index in [0.29, 0.717) is 23.4 Å². The largest absolute Gasteiger partial charge is 0.340 e. The second-order valence-corrected chi connectivity index (χ2v) is 7.17. The fourth-order valence-electron chi connectivity index (χ4n) is 3.99. The number of carbonyl (C=O) groups excluding carboxylic acids is 1. The molecule has 1 N–H and O–H groups in total. The topological polar surface area (TPSA) is 78.0 Å². The van der Waals surface area contributed by atoms with Crippen molar-refractivity contribution in [1.82, 2.24) is 25.1 Å². The molecule has 3 fully saturated rings. The van der Waals surface area contributed by atoms with Crippen LogP contribution in [0.3, 0.4) is 0 Å². The summed E-state index contributed by atoms with van der Waals surface area (Å²) in [5, 5.41) is 7.26. The molecule has 0 radical (unpaired) electrons. The SMILES string of the molecule is O=C(c1cc(C2CC2)[nH]n1)N1CC2CN(c3ncccn3)CC2C1. The quantitative estimate of drug-likeness (QED) is 0.920. The summed E-state index contributed by atoms with van der Waals surface area (Å²) in [5.74, 6) is 2.46. The summed E-state index contributed by atoms with van der Waals surface area (Å²) < 4.78 is 0. The molecule has 2 aromatic rings. The molecule has 2 saturated heterocycles. The fraction of sp³-hybridized carbons (Fsp3) is 0.529. The van der Waals surface area contributed by atoms with Gasteiger partial charge in [-0.3, -0.25) is 9.89 Å². The Morgan fingerprint density at radius 2 is 1.79 bits per heavy atom. The van der Waals surface area contributed by atoms with Gasteiger partial charge in [0.25, 0.3) is 5.91 Å². The summed E-state index contributed by atoms with van der Waals surface area (Å²) in [4.78, 5) is 25.6. The molecule has 3 aliphatic rings. The molecule has 2 unspecified atom stereocenters. The standard InChI is InChI=1S/C17H20N6O/c24-16(15-6-14(20-21-15)11-2-3-11)22-7-12-9-23(10-13(12)8-22)17-18-4-1-5-19-17/h1,4-6,11-13H,2-3,7-10H2,(H,20,21). The van der Waals surface area contributed by atoms with Crippen LogP contribution in [0.25, 0.3) is 0 Å². The van der Waals surface area contributed by atoms with Crippen molar-refractivity contribution in [2.75, 3.05) is 31.1 Å². The molecule has 24 heavy (non-hydrogen) atoms. The van der Waals surface area contributed by atoms with Crippen LogP contribution in [-0.4, -0.2) is 57.2 Å². The second kappa shape index (κ2) is 5.29. The van der Waals surface area contributed by atoms with E-state index in [2.05, 4.69) is 25.1 Å². The highest BCUT2D eigenvalue weighted by Crippen LogP contribution is 2.39. The van der Waals surface area contributed by atoms with E-state index in [9.17, 15) is 4.79 Å². The van der Waals surface area contributed by atoms with Gasteiger partial charge in [-0.25, -0.2) is 9.97 Å². The van der Waals surface area contributed by atoms with Crippen molar-refractivity contribution in [1.29, 1.82) is 0 Å². The van der Waals surface area contributed by atoms with Crippen LogP contribution in [-0.2, 0) is 0 Å². The first kappa shape index (κ1) is 13.9. The minimum atomic E-state index is 0.0649. The van der Waals surface area contributed by atoms with Gasteiger partial charge in [-0.1, -0.05) is 0 Å². The lowest BCUT2D eigenvalue weighted by Gasteiger charge is -2.21. The van der Waals surface area contributed by atoms with Crippen LogP contribution in [0.15, 0.2) is 24.5 Å². The minimum absolute atomic E-state index is 0.0649.